The highest BCUT2D eigenvalue weighted by molar-refractivity contribution is 5.87. The maximum absolute atomic E-state index is 13.0. The Labute approximate surface area is 150 Å². The van der Waals surface area contributed by atoms with Crippen molar-refractivity contribution in [1.82, 2.24) is 20.1 Å². The van der Waals surface area contributed by atoms with Crippen LogP contribution in [0.15, 0.2) is 71.6 Å². The summed E-state index contributed by atoms with van der Waals surface area (Å²) in [5.74, 6) is 0.747. The van der Waals surface area contributed by atoms with Crippen molar-refractivity contribution < 1.29 is 9.21 Å². The van der Waals surface area contributed by atoms with Gasteiger partial charge in [0.25, 0.3) is 0 Å². The lowest BCUT2D eigenvalue weighted by Gasteiger charge is -2.21. The zero-order valence-electron chi connectivity index (χ0n) is 14.1. The van der Waals surface area contributed by atoms with E-state index in [2.05, 4.69) is 15.2 Å². The molecule has 0 atom stereocenters. The van der Waals surface area contributed by atoms with Gasteiger partial charge in [0.05, 0.1) is 30.4 Å². The van der Waals surface area contributed by atoms with Gasteiger partial charge >= 0.3 is 0 Å². The third-order valence-corrected chi connectivity index (χ3v) is 4.24. The molecule has 3 aromatic heterocycles. The summed E-state index contributed by atoms with van der Waals surface area (Å²) in [6.07, 6.45) is 5.36. The molecule has 4 rings (SSSR count). The Morgan fingerprint density at radius 1 is 1.08 bits per heavy atom. The smallest absolute Gasteiger partial charge is 0.229 e. The predicted molar refractivity (Wildman–Crippen MR) is 97.0 cm³/mol. The van der Waals surface area contributed by atoms with E-state index < -0.39 is 0 Å². The highest BCUT2D eigenvalue weighted by Crippen LogP contribution is 2.18. The summed E-state index contributed by atoms with van der Waals surface area (Å²) < 4.78 is 5.43. The average molecular weight is 346 g/mol. The van der Waals surface area contributed by atoms with Crippen LogP contribution in [-0.2, 0) is 24.3 Å². The number of amides is 1. The number of hydrogen-bond acceptors (Lipinski definition) is 4. The van der Waals surface area contributed by atoms with Crippen LogP contribution in [0.25, 0.3) is 10.9 Å². The number of rotatable bonds is 6. The summed E-state index contributed by atoms with van der Waals surface area (Å²) in [7, 11) is 0. The van der Waals surface area contributed by atoms with Gasteiger partial charge < -0.3 is 9.32 Å². The number of furan rings is 1. The Morgan fingerprint density at radius 3 is 2.81 bits per heavy atom. The van der Waals surface area contributed by atoms with Gasteiger partial charge in [0, 0.05) is 24.3 Å². The number of hydrogen-bond donors (Lipinski definition) is 1. The van der Waals surface area contributed by atoms with Crippen LogP contribution in [0.3, 0.4) is 0 Å². The molecule has 4 aromatic rings. The topological polar surface area (TPSA) is 75.0 Å². The zero-order valence-corrected chi connectivity index (χ0v) is 14.1. The minimum Gasteiger partial charge on any atom is -0.467 e. The molecule has 1 N–H and O–H groups in total. The molecule has 6 heteroatoms. The second-order valence-corrected chi connectivity index (χ2v) is 6.09. The molecule has 130 valence electrons. The molecule has 1 amide bonds. The molecule has 0 aliphatic carbocycles. The summed E-state index contributed by atoms with van der Waals surface area (Å²) in [6, 6.07) is 15.3. The highest BCUT2D eigenvalue weighted by atomic mass is 16.3. The van der Waals surface area contributed by atoms with Crippen molar-refractivity contribution in [2.24, 2.45) is 0 Å². The van der Waals surface area contributed by atoms with E-state index in [9.17, 15) is 4.79 Å². The molecule has 0 unspecified atom stereocenters. The Hall–Kier alpha value is -3.41. The first-order valence-electron chi connectivity index (χ1n) is 8.40. The SMILES string of the molecule is O=C(Cc1[nH]nc2ccccc12)N(Cc1cccnc1)Cc1ccco1. The van der Waals surface area contributed by atoms with Gasteiger partial charge in [-0.3, -0.25) is 14.9 Å². The Balaban J connectivity index is 1.56. The van der Waals surface area contributed by atoms with Crippen LogP contribution < -0.4 is 0 Å². The fraction of sp³-hybridized carbons (Fsp3) is 0.150. The zero-order chi connectivity index (χ0) is 17.8. The molecule has 0 saturated carbocycles. The van der Waals surface area contributed by atoms with Gasteiger partial charge in [0.2, 0.25) is 5.91 Å². The number of pyridine rings is 1. The molecule has 3 heterocycles. The summed E-state index contributed by atoms with van der Waals surface area (Å²) >= 11 is 0. The second kappa shape index (κ2) is 7.23. The summed E-state index contributed by atoms with van der Waals surface area (Å²) in [5, 5.41) is 8.23. The molecular weight excluding hydrogens is 328 g/mol. The first kappa shape index (κ1) is 16.1. The molecule has 0 saturated heterocycles. The van der Waals surface area contributed by atoms with Crippen LogP contribution in [0, 0.1) is 0 Å². The second-order valence-electron chi connectivity index (χ2n) is 6.09. The quantitative estimate of drug-likeness (QED) is 0.581. The number of para-hydroxylation sites is 1. The normalized spacial score (nSPS) is 10.9. The van der Waals surface area contributed by atoms with Crippen LogP contribution in [0.5, 0.6) is 0 Å². The third kappa shape index (κ3) is 3.49. The fourth-order valence-corrected chi connectivity index (χ4v) is 2.95. The van der Waals surface area contributed by atoms with Crippen molar-refractivity contribution >= 4 is 16.8 Å². The van der Waals surface area contributed by atoms with Crippen LogP contribution in [0.4, 0.5) is 0 Å². The molecule has 6 nitrogen and oxygen atoms in total. The monoisotopic (exact) mass is 346 g/mol. The predicted octanol–water partition coefficient (Wildman–Crippen LogP) is 3.32. The van der Waals surface area contributed by atoms with E-state index in [1.807, 2.05) is 48.5 Å². The fourth-order valence-electron chi connectivity index (χ4n) is 2.95. The number of aromatic nitrogens is 3. The maximum atomic E-state index is 13.0. The summed E-state index contributed by atoms with van der Waals surface area (Å²) in [5.41, 5.74) is 2.66. The number of nitrogens with zero attached hydrogens (tertiary/aromatic N) is 3. The van der Waals surface area contributed by atoms with E-state index in [4.69, 9.17) is 4.42 Å². The summed E-state index contributed by atoms with van der Waals surface area (Å²) in [6.45, 7) is 0.881. The van der Waals surface area contributed by atoms with Crippen LogP contribution in [0.2, 0.25) is 0 Å². The lowest BCUT2D eigenvalue weighted by Crippen LogP contribution is -2.31. The number of nitrogens with one attached hydrogen (secondary N) is 1. The number of benzene rings is 1. The molecule has 0 radical (unpaired) electrons. The number of fused-ring (bicyclic) bond motifs is 1. The minimum absolute atomic E-state index is 0.000318. The first-order chi connectivity index (χ1) is 12.8. The molecule has 0 bridgehead atoms. The van der Waals surface area contributed by atoms with E-state index in [0.29, 0.717) is 13.1 Å². The van der Waals surface area contributed by atoms with Crippen molar-refractivity contribution in [2.75, 3.05) is 0 Å². The van der Waals surface area contributed by atoms with E-state index in [0.717, 1.165) is 27.9 Å². The third-order valence-electron chi connectivity index (χ3n) is 4.24. The Morgan fingerprint density at radius 2 is 2.00 bits per heavy atom. The molecule has 0 fully saturated rings. The Kier molecular flexibility index (Phi) is 4.47. The van der Waals surface area contributed by atoms with Crippen molar-refractivity contribution in [3.05, 3.63) is 84.2 Å². The minimum atomic E-state index is -0.000318. The van der Waals surface area contributed by atoms with E-state index >= 15 is 0 Å². The van der Waals surface area contributed by atoms with Gasteiger partial charge in [-0.1, -0.05) is 24.3 Å². The van der Waals surface area contributed by atoms with Crippen LogP contribution in [-0.4, -0.2) is 26.0 Å². The number of aromatic amines is 1. The molecular formula is C20H18N4O2. The van der Waals surface area contributed by atoms with Gasteiger partial charge in [-0.25, -0.2) is 0 Å². The maximum Gasteiger partial charge on any atom is 0.229 e. The lowest BCUT2D eigenvalue weighted by molar-refractivity contribution is -0.132. The molecule has 0 aliphatic heterocycles. The molecule has 1 aromatic carbocycles. The van der Waals surface area contributed by atoms with Crippen molar-refractivity contribution in [1.29, 1.82) is 0 Å². The lowest BCUT2D eigenvalue weighted by atomic mass is 10.1. The van der Waals surface area contributed by atoms with E-state index in [1.165, 1.54) is 0 Å². The van der Waals surface area contributed by atoms with E-state index in [-0.39, 0.29) is 12.3 Å². The largest absolute Gasteiger partial charge is 0.467 e. The highest BCUT2D eigenvalue weighted by Gasteiger charge is 2.18. The average Bonchev–Trinajstić information content (AvgIpc) is 3.32. The molecule has 26 heavy (non-hydrogen) atoms. The molecule has 0 spiro atoms. The van der Waals surface area contributed by atoms with Gasteiger partial charge in [0.1, 0.15) is 5.76 Å². The van der Waals surface area contributed by atoms with Gasteiger partial charge in [-0.2, -0.15) is 5.10 Å². The van der Waals surface area contributed by atoms with Crippen LogP contribution in [0.1, 0.15) is 17.0 Å². The van der Waals surface area contributed by atoms with Crippen LogP contribution >= 0.6 is 0 Å². The van der Waals surface area contributed by atoms with Gasteiger partial charge in [-0.15, -0.1) is 0 Å². The number of carbonyl (C=O) groups is 1. The standard InChI is InChI=1S/C20H18N4O2/c25-20(11-19-17-7-1-2-8-18(17)22-23-19)24(14-16-6-4-10-26-16)13-15-5-3-9-21-12-15/h1-10,12H,11,13-14H2,(H,22,23). The van der Waals surface area contributed by atoms with Crippen molar-refractivity contribution in [2.45, 2.75) is 19.5 Å². The van der Waals surface area contributed by atoms with Gasteiger partial charge in [0.15, 0.2) is 0 Å². The summed E-state index contributed by atoms with van der Waals surface area (Å²) in [4.78, 5) is 18.9. The number of carbonyl (C=O) groups excluding carboxylic acids is 1. The van der Waals surface area contributed by atoms with E-state index in [1.54, 1.807) is 23.6 Å². The van der Waals surface area contributed by atoms with Crippen molar-refractivity contribution in [3.63, 3.8) is 0 Å². The van der Waals surface area contributed by atoms with Crippen molar-refractivity contribution in [3.8, 4) is 0 Å². The molecule has 0 aliphatic rings. The first-order valence-corrected chi connectivity index (χ1v) is 8.40. The Bertz CT molecular complexity index is 993. The van der Waals surface area contributed by atoms with Gasteiger partial charge in [-0.05, 0) is 29.8 Å². The number of H-pyrrole nitrogens is 1.